The molecule has 0 atom stereocenters. The van der Waals surface area contributed by atoms with Gasteiger partial charge in [-0.25, -0.2) is 0 Å². The third-order valence-electron chi connectivity index (χ3n) is 3.23. The zero-order valence-corrected chi connectivity index (χ0v) is 9.34. The highest BCUT2D eigenvalue weighted by atomic mass is 16.2. The molecule has 2 rings (SSSR count). The predicted octanol–water partition coefficient (Wildman–Crippen LogP) is 1.77. The summed E-state index contributed by atoms with van der Waals surface area (Å²) >= 11 is 0. The average molecular weight is 203 g/mol. The summed E-state index contributed by atoms with van der Waals surface area (Å²) in [5.41, 5.74) is 4.44. The monoisotopic (exact) mass is 203 g/mol. The summed E-state index contributed by atoms with van der Waals surface area (Å²) in [4.78, 5) is 24.6. The Bertz CT molecular complexity index is 489. The molecule has 0 fully saturated rings. The fourth-order valence-electron chi connectivity index (χ4n) is 1.98. The lowest BCUT2D eigenvalue weighted by Gasteiger charge is -2.13. The van der Waals surface area contributed by atoms with Crippen LogP contribution in [0.3, 0.4) is 0 Å². The molecule has 1 heterocycles. The molecule has 0 unspecified atom stereocenters. The van der Waals surface area contributed by atoms with E-state index in [2.05, 4.69) is 0 Å². The van der Waals surface area contributed by atoms with Gasteiger partial charge in [-0.2, -0.15) is 0 Å². The Hall–Kier alpha value is -1.64. The van der Waals surface area contributed by atoms with Crippen LogP contribution in [0.2, 0.25) is 0 Å². The van der Waals surface area contributed by atoms with Crippen molar-refractivity contribution in [1.29, 1.82) is 0 Å². The summed E-state index contributed by atoms with van der Waals surface area (Å²) in [7, 11) is 1.64. The van der Waals surface area contributed by atoms with Gasteiger partial charge in [-0.15, -0.1) is 0 Å². The van der Waals surface area contributed by atoms with Gasteiger partial charge in [0.1, 0.15) is 0 Å². The molecule has 78 valence electrons. The Balaban J connectivity index is 2.81. The van der Waals surface area contributed by atoms with Gasteiger partial charge in [-0.05, 0) is 43.5 Å². The van der Waals surface area contributed by atoms with Crippen LogP contribution in [0.15, 0.2) is 6.07 Å². The van der Waals surface area contributed by atoms with Crippen LogP contribution in [0.5, 0.6) is 0 Å². The number of likely N-dealkylation sites (N-methyl/N-ethyl adjacent to an activating group) is 1. The van der Waals surface area contributed by atoms with E-state index in [1.54, 1.807) is 7.05 Å². The number of hydrogen-bond donors (Lipinski definition) is 0. The number of hydrogen-bond acceptors (Lipinski definition) is 2. The summed E-state index contributed by atoms with van der Waals surface area (Å²) in [6, 6.07) is 1.90. The van der Waals surface area contributed by atoms with Crippen molar-refractivity contribution in [1.82, 2.24) is 0 Å². The van der Waals surface area contributed by atoms with E-state index < -0.39 is 5.91 Å². The molecule has 3 nitrogen and oxygen atoms in total. The van der Waals surface area contributed by atoms with Crippen molar-refractivity contribution in [2.24, 2.45) is 0 Å². The van der Waals surface area contributed by atoms with Crippen LogP contribution in [-0.2, 0) is 4.79 Å². The van der Waals surface area contributed by atoms with Gasteiger partial charge in [0, 0.05) is 7.05 Å². The number of carbonyl (C=O) groups is 2. The predicted molar refractivity (Wildman–Crippen MR) is 58.4 cm³/mol. The fourth-order valence-corrected chi connectivity index (χ4v) is 1.98. The smallest absolute Gasteiger partial charge is 0.299 e. The normalized spacial score (nSPS) is 14.8. The molecule has 0 saturated heterocycles. The minimum atomic E-state index is -0.432. The molecule has 0 saturated carbocycles. The van der Waals surface area contributed by atoms with E-state index in [0.29, 0.717) is 5.56 Å². The van der Waals surface area contributed by atoms with Gasteiger partial charge >= 0.3 is 0 Å². The second-order valence-corrected chi connectivity index (χ2v) is 4.03. The number of benzene rings is 1. The quantitative estimate of drug-likeness (QED) is 0.603. The van der Waals surface area contributed by atoms with E-state index in [9.17, 15) is 9.59 Å². The molecule has 0 aromatic heterocycles. The van der Waals surface area contributed by atoms with E-state index in [1.807, 2.05) is 26.8 Å². The number of aryl methyl sites for hydroxylation is 1. The second kappa shape index (κ2) is 2.92. The summed E-state index contributed by atoms with van der Waals surface area (Å²) in [6.45, 7) is 5.86. The van der Waals surface area contributed by atoms with Crippen molar-refractivity contribution < 1.29 is 9.59 Å². The maximum atomic E-state index is 11.7. The molecule has 1 aromatic rings. The molecular formula is C12H13NO2. The van der Waals surface area contributed by atoms with Crippen LogP contribution in [0.1, 0.15) is 27.0 Å². The molecule has 1 amide bonds. The molecule has 0 aliphatic carbocycles. The Morgan fingerprint density at radius 3 is 2.27 bits per heavy atom. The molecular weight excluding hydrogens is 190 g/mol. The molecule has 0 N–H and O–H groups in total. The highest BCUT2D eigenvalue weighted by Gasteiger charge is 2.35. The van der Waals surface area contributed by atoms with E-state index >= 15 is 0 Å². The largest absolute Gasteiger partial charge is 0.308 e. The first-order valence-electron chi connectivity index (χ1n) is 4.88. The van der Waals surface area contributed by atoms with Crippen LogP contribution in [0, 0.1) is 20.8 Å². The summed E-state index contributed by atoms with van der Waals surface area (Å²) in [5.74, 6) is -0.814. The molecule has 0 spiro atoms. The molecule has 0 bridgehead atoms. The Kier molecular flexibility index (Phi) is 1.93. The molecule has 1 aliphatic rings. The van der Waals surface area contributed by atoms with Crippen molar-refractivity contribution in [3.05, 3.63) is 28.3 Å². The summed E-state index contributed by atoms with van der Waals surface area (Å²) in [6.07, 6.45) is 0. The number of nitrogens with zero attached hydrogens (tertiary/aromatic N) is 1. The minimum absolute atomic E-state index is 0.381. The van der Waals surface area contributed by atoms with Crippen molar-refractivity contribution in [3.8, 4) is 0 Å². The summed E-state index contributed by atoms with van der Waals surface area (Å²) < 4.78 is 0. The minimum Gasteiger partial charge on any atom is -0.308 e. The van der Waals surface area contributed by atoms with Crippen LogP contribution in [0.25, 0.3) is 0 Å². The maximum absolute atomic E-state index is 11.7. The fraction of sp³-hybridized carbons (Fsp3) is 0.333. The highest BCUT2D eigenvalue weighted by Crippen LogP contribution is 2.33. The van der Waals surface area contributed by atoms with Gasteiger partial charge in [-0.3, -0.25) is 9.59 Å². The highest BCUT2D eigenvalue weighted by molar-refractivity contribution is 6.52. The van der Waals surface area contributed by atoms with Crippen LogP contribution in [0.4, 0.5) is 5.69 Å². The first-order chi connectivity index (χ1) is 6.95. The molecule has 1 aliphatic heterocycles. The first kappa shape index (κ1) is 9.90. The third-order valence-corrected chi connectivity index (χ3v) is 3.23. The Labute approximate surface area is 88.7 Å². The van der Waals surface area contributed by atoms with Crippen molar-refractivity contribution in [3.63, 3.8) is 0 Å². The van der Waals surface area contributed by atoms with Gasteiger partial charge in [0.15, 0.2) is 0 Å². The van der Waals surface area contributed by atoms with Gasteiger partial charge in [0.25, 0.3) is 11.7 Å². The van der Waals surface area contributed by atoms with Crippen LogP contribution >= 0.6 is 0 Å². The Morgan fingerprint density at radius 1 is 1.07 bits per heavy atom. The van der Waals surface area contributed by atoms with Gasteiger partial charge in [0.05, 0.1) is 11.3 Å². The number of Topliss-reactive ketones (excluding diaryl/α,β-unsaturated/α-hetero) is 1. The van der Waals surface area contributed by atoms with E-state index in [0.717, 1.165) is 22.4 Å². The molecule has 3 heteroatoms. The van der Waals surface area contributed by atoms with E-state index in [4.69, 9.17) is 0 Å². The van der Waals surface area contributed by atoms with E-state index in [1.165, 1.54) is 4.90 Å². The van der Waals surface area contributed by atoms with Crippen LogP contribution < -0.4 is 4.90 Å². The maximum Gasteiger partial charge on any atom is 0.299 e. The standard InChI is InChI=1S/C12H13NO2/c1-6-5-9-10(8(3)7(6)2)11(14)12(15)13(9)4/h5H,1-4H3. The summed E-state index contributed by atoms with van der Waals surface area (Å²) in [5, 5.41) is 0. The van der Waals surface area contributed by atoms with Crippen molar-refractivity contribution in [2.75, 3.05) is 11.9 Å². The average Bonchev–Trinajstić information content (AvgIpc) is 2.40. The lowest BCUT2D eigenvalue weighted by molar-refractivity contribution is -0.114. The number of ketones is 1. The van der Waals surface area contributed by atoms with Crippen LogP contribution in [-0.4, -0.2) is 18.7 Å². The van der Waals surface area contributed by atoms with Crippen molar-refractivity contribution in [2.45, 2.75) is 20.8 Å². The number of rotatable bonds is 0. The lowest BCUT2D eigenvalue weighted by Crippen LogP contribution is -2.24. The van der Waals surface area contributed by atoms with Gasteiger partial charge < -0.3 is 4.90 Å². The van der Waals surface area contributed by atoms with Gasteiger partial charge in [-0.1, -0.05) is 0 Å². The first-order valence-corrected chi connectivity index (χ1v) is 4.88. The van der Waals surface area contributed by atoms with Crippen molar-refractivity contribution >= 4 is 17.4 Å². The number of fused-ring (bicyclic) bond motifs is 1. The number of amides is 1. The number of carbonyl (C=O) groups excluding carboxylic acids is 2. The molecule has 0 radical (unpaired) electrons. The number of anilines is 1. The lowest BCUT2D eigenvalue weighted by atomic mass is 9.96. The second-order valence-electron chi connectivity index (χ2n) is 4.03. The third kappa shape index (κ3) is 1.12. The van der Waals surface area contributed by atoms with Gasteiger partial charge in [0.2, 0.25) is 0 Å². The molecule has 15 heavy (non-hydrogen) atoms. The van der Waals surface area contributed by atoms with E-state index in [-0.39, 0.29) is 5.78 Å². The SMILES string of the molecule is Cc1cc2c(c(C)c1C)C(=O)C(=O)N2C. The zero-order chi connectivity index (χ0) is 11.3. The Morgan fingerprint density at radius 2 is 1.67 bits per heavy atom. The zero-order valence-electron chi connectivity index (χ0n) is 9.34. The molecule has 1 aromatic carbocycles. The topological polar surface area (TPSA) is 37.4 Å².